The first-order valence-corrected chi connectivity index (χ1v) is 9.90. The number of anilines is 2. The van der Waals surface area contributed by atoms with Gasteiger partial charge in [-0.3, -0.25) is 19.8 Å². The van der Waals surface area contributed by atoms with E-state index in [9.17, 15) is 18.0 Å². The molecule has 2 amide bonds. The van der Waals surface area contributed by atoms with Crippen molar-refractivity contribution < 1.29 is 27.2 Å². The van der Waals surface area contributed by atoms with E-state index in [1.54, 1.807) is 6.20 Å². The summed E-state index contributed by atoms with van der Waals surface area (Å²) in [5.74, 6) is -0.00750. The summed E-state index contributed by atoms with van der Waals surface area (Å²) >= 11 is 0. The van der Waals surface area contributed by atoms with Crippen LogP contribution >= 0.6 is 0 Å². The molecular weight excluding hydrogens is 453 g/mol. The average Bonchev–Trinajstić information content (AvgIpc) is 3.21. The molecule has 4 rings (SSSR count). The van der Waals surface area contributed by atoms with Gasteiger partial charge in [0.1, 0.15) is 17.7 Å². The fourth-order valence-electron chi connectivity index (χ4n) is 3.19. The summed E-state index contributed by atoms with van der Waals surface area (Å²) in [6.45, 7) is 4.06. The predicted octanol–water partition coefficient (Wildman–Crippen LogP) is 3.54. The molecule has 0 aliphatic heterocycles. The molecule has 4 heterocycles. The molecule has 13 heteroatoms. The molecule has 0 aromatic carbocycles. The van der Waals surface area contributed by atoms with E-state index in [4.69, 9.17) is 4.52 Å². The first kappa shape index (κ1) is 22.8. The summed E-state index contributed by atoms with van der Waals surface area (Å²) in [6, 6.07) is 4.87. The minimum Gasteiger partial charge on any atom is -0.308 e. The molecule has 4 aromatic heterocycles. The highest BCUT2D eigenvalue weighted by atomic mass is 19.4. The van der Waals surface area contributed by atoms with E-state index in [-0.39, 0.29) is 18.1 Å². The number of hydrogen-bond donors (Lipinski definition) is 2. The summed E-state index contributed by atoms with van der Waals surface area (Å²) in [4.78, 5) is 28.2. The Kier molecular flexibility index (Phi) is 6.17. The van der Waals surface area contributed by atoms with E-state index in [0.29, 0.717) is 5.69 Å². The van der Waals surface area contributed by atoms with E-state index in [1.807, 2.05) is 26.0 Å². The molecule has 0 aliphatic rings. The Balaban J connectivity index is 1.38. The SMILES string of the molecule is Cc1ncnc(C)c1-c1ccc(C[n+]2cc(NC(=O)Nc3ccnc(C(F)(F)F)c3)on2)nc1. The van der Waals surface area contributed by atoms with Gasteiger partial charge in [-0.15, -0.1) is 0 Å². The van der Waals surface area contributed by atoms with Gasteiger partial charge in [0, 0.05) is 40.6 Å². The normalized spacial score (nSPS) is 11.3. The molecule has 0 radical (unpaired) electrons. The Bertz CT molecular complexity index is 1300. The van der Waals surface area contributed by atoms with Crippen molar-refractivity contribution in [1.29, 1.82) is 0 Å². The summed E-state index contributed by atoms with van der Waals surface area (Å²) in [5, 5.41) is 8.45. The fraction of sp³-hybridized carbons (Fsp3) is 0.190. The number of amides is 2. The number of hydrogen-bond acceptors (Lipinski definition) is 7. The van der Waals surface area contributed by atoms with E-state index in [1.165, 1.54) is 23.3 Å². The van der Waals surface area contributed by atoms with E-state index in [0.717, 1.165) is 34.8 Å². The third kappa shape index (κ3) is 5.31. The van der Waals surface area contributed by atoms with Gasteiger partial charge in [-0.25, -0.2) is 14.8 Å². The summed E-state index contributed by atoms with van der Waals surface area (Å²) in [6.07, 6.45) is 0.975. The largest absolute Gasteiger partial charge is 0.433 e. The second kappa shape index (κ2) is 9.21. The van der Waals surface area contributed by atoms with Crippen LogP contribution in [0.3, 0.4) is 0 Å². The minimum absolute atomic E-state index is 0.00750. The van der Waals surface area contributed by atoms with E-state index >= 15 is 0 Å². The number of alkyl halides is 3. The summed E-state index contributed by atoms with van der Waals surface area (Å²) in [5.41, 5.74) is 2.99. The molecule has 4 aromatic rings. The molecule has 174 valence electrons. The third-order valence-electron chi connectivity index (χ3n) is 4.72. The average molecular weight is 471 g/mol. The zero-order valence-corrected chi connectivity index (χ0v) is 18.0. The standard InChI is InChI=1S/C21H17F3N8O2/c1-12-19(13(2)28-11-27-12)14-3-4-16(26-8-14)9-32-10-18(34-31-32)30-20(33)29-15-5-6-25-17(7-15)21(22,23)24/h3-8,10-11H,9H2,1-2H3,(H-,25,29,30,31,33)/p+1. The maximum atomic E-state index is 12.8. The van der Waals surface area contributed by atoms with Gasteiger partial charge in [-0.2, -0.15) is 13.2 Å². The lowest BCUT2D eigenvalue weighted by Gasteiger charge is -2.08. The van der Waals surface area contributed by atoms with Crippen molar-refractivity contribution >= 4 is 17.6 Å². The molecule has 2 N–H and O–H groups in total. The van der Waals surface area contributed by atoms with Crippen molar-refractivity contribution in [2.24, 2.45) is 0 Å². The van der Waals surface area contributed by atoms with Crippen molar-refractivity contribution in [1.82, 2.24) is 25.2 Å². The van der Waals surface area contributed by atoms with Gasteiger partial charge in [0.15, 0.2) is 0 Å². The lowest BCUT2D eigenvalue weighted by molar-refractivity contribution is -0.755. The smallest absolute Gasteiger partial charge is 0.308 e. The van der Waals surface area contributed by atoms with Crippen molar-refractivity contribution in [3.8, 4) is 11.1 Å². The summed E-state index contributed by atoms with van der Waals surface area (Å²) in [7, 11) is 0. The Morgan fingerprint density at radius 2 is 1.82 bits per heavy atom. The third-order valence-corrected chi connectivity index (χ3v) is 4.72. The zero-order chi connectivity index (χ0) is 24.3. The van der Waals surface area contributed by atoms with Gasteiger partial charge < -0.3 is 5.32 Å². The molecule has 10 nitrogen and oxygen atoms in total. The van der Waals surface area contributed by atoms with Gasteiger partial charge >= 0.3 is 18.1 Å². The number of aryl methyl sites for hydroxylation is 2. The Labute approximate surface area is 190 Å². The number of urea groups is 1. The van der Waals surface area contributed by atoms with Gasteiger partial charge in [-0.1, -0.05) is 6.07 Å². The van der Waals surface area contributed by atoms with Crippen LogP contribution in [0.5, 0.6) is 0 Å². The van der Waals surface area contributed by atoms with Crippen LogP contribution in [0, 0.1) is 13.8 Å². The molecule has 0 saturated heterocycles. The highest BCUT2D eigenvalue weighted by Crippen LogP contribution is 2.28. The number of carbonyl (C=O) groups excluding carboxylic acids is 1. The van der Waals surface area contributed by atoms with Crippen LogP contribution in [-0.4, -0.2) is 31.2 Å². The van der Waals surface area contributed by atoms with Crippen molar-refractivity contribution in [2.75, 3.05) is 10.6 Å². The second-order valence-electron chi connectivity index (χ2n) is 7.23. The van der Waals surface area contributed by atoms with Crippen molar-refractivity contribution in [2.45, 2.75) is 26.6 Å². The van der Waals surface area contributed by atoms with Crippen LogP contribution in [0.2, 0.25) is 0 Å². The Morgan fingerprint density at radius 3 is 2.50 bits per heavy atom. The van der Waals surface area contributed by atoms with Gasteiger partial charge in [0.05, 0.1) is 0 Å². The van der Waals surface area contributed by atoms with E-state index in [2.05, 4.69) is 35.8 Å². The van der Waals surface area contributed by atoms with Gasteiger partial charge in [0.2, 0.25) is 11.8 Å². The number of aromatic nitrogens is 6. The zero-order valence-electron chi connectivity index (χ0n) is 18.0. The van der Waals surface area contributed by atoms with Crippen LogP contribution in [0.15, 0.2) is 53.7 Å². The number of nitrogens with zero attached hydrogens (tertiary/aromatic N) is 6. The van der Waals surface area contributed by atoms with Gasteiger partial charge in [-0.05, 0) is 36.7 Å². The number of nitrogens with one attached hydrogen (secondary N) is 2. The minimum atomic E-state index is -4.62. The van der Waals surface area contributed by atoms with Crippen LogP contribution in [0.25, 0.3) is 11.1 Å². The lowest BCUT2D eigenvalue weighted by atomic mass is 10.0. The quantitative estimate of drug-likeness (QED) is 0.427. The first-order valence-electron chi connectivity index (χ1n) is 9.90. The maximum absolute atomic E-state index is 12.8. The van der Waals surface area contributed by atoms with Crippen LogP contribution in [-0.2, 0) is 12.7 Å². The first-order chi connectivity index (χ1) is 16.2. The fourth-order valence-corrected chi connectivity index (χ4v) is 3.19. The monoisotopic (exact) mass is 471 g/mol. The molecule has 0 spiro atoms. The maximum Gasteiger partial charge on any atom is 0.433 e. The highest BCUT2D eigenvalue weighted by Gasteiger charge is 2.32. The number of rotatable bonds is 5. The molecule has 0 fully saturated rings. The predicted molar refractivity (Wildman–Crippen MR) is 112 cm³/mol. The van der Waals surface area contributed by atoms with Crippen molar-refractivity contribution in [3.63, 3.8) is 0 Å². The molecule has 0 atom stereocenters. The van der Waals surface area contributed by atoms with Gasteiger partial charge in [0.25, 0.3) is 6.20 Å². The molecule has 0 saturated carbocycles. The number of pyridine rings is 2. The van der Waals surface area contributed by atoms with Crippen molar-refractivity contribution in [3.05, 3.63) is 72.0 Å². The number of carbonyl (C=O) groups is 1. The Morgan fingerprint density at radius 1 is 1.06 bits per heavy atom. The lowest BCUT2D eigenvalue weighted by Crippen LogP contribution is -2.35. The molecule has 34 heavy (non-hydrogen) atoms. The van der Waals surface area contributed by atoms with E-state index < -0.39 is 17.9 Å². The summed E-state index contributed by atoms with van der Waals surface area (Å²) < 4.78 is 44.7. The topological polar surface area (TPSA) is 123 Å². The molecular formula is C21H18F3N8O2+. The molecule has 0 bridgehead atoms. The highest BCUT2D eigenvalue weighted by molar-refractivity contribution is 5.98. The molecule has 0 unspecified atom stereocenters. The molecule has 0 aliphatic carbocycles. The van der Waals surface area contributed by atoms with Crippen LogP contribution in [0.4, 0.5) is 29.5 Å². The van der Waals surface area contributed by atoms with Crippen LogP contribution < -0.4 is 15.3 Å². The second-order valence-corrected chi connectivity index (χ2v) is 7.23. The Hall–Kier alpha value is -4.42. The van der Waals surface area contributed by atoms with Crippen LogP contribution in [0.1, 0.15) is 22.8 Å². The number of halogens is 3.